The summed E-state index contributed by atoms with van der Waals surface area (Å²) in [6.07, 6.45) is -0.388. The molecular weight excluding hydrogens is 519 g/mol. The van der Waals surface area contributed by atoms with Crippen LogP contribution in [-0.4, -0.2) is 62.6 Å². The molecule has 0 aliphatic heterocycles. The maximum atomic E-state index is 13.6. The fraction of sp³-hybridized carbons (Fsp3) is 0.478. The summed E-state index contributed by atoms with van der Waals surface area (Å²) in [5.74, 6) is -0.453. The summed E-state index contributed by atoms with van der Waals surface area (Å²) in [5, 5.41) is 13.3. The maximum absolute atomic E-state index is 13.6. The van der Waals surface area contributed by atoms with E-state index in [1.807, 2.05) is 0 Å². The fourth-order valence-corrected chi connectivity index (χ4v) is 4.94. The van der Waals surface area contributed by atoms with Gasteiger partial charge in [-0.05, 0) is 45.7 Å². The number of hydrogen-bond donors (Lipinski definition) is 4. The molecule has 3 rings (SSSR count). The van der Waals surface area contributed by atoms with Crippen molar-refractivity contribution in [1.29, 1.82) is 0 Å². The summed E-state index contributed by atoms with van der Waals surface area (Å²) in [4.78, 5) is 34.6. The number of anilines is 1. The number of H-pyrrole nitrogens is 1. The topological polar surface area (TPSA) is 193 Å². The van der Waals surface area contributed by atoms with Gasteiger partial charge in [-0.25, -0.2) is 9.55 Å². The molecule has 0 saturated heterocycles. The molecule has 5 N–H and O–H groups in total. The lowest BCUT2D eigenvalue weighted by molar-refractivity contribution is -0.149. The third-order valence-corrected chi connectivity index (χ3v) is 6.95. The Bertz CT molecular complexity index is 1310. The van der Waals surface area contributed by atoms with Crippen LogP contribution in [0.5, 0.6) is 5.75 Å². The number of esters is 1. The van der Waals surface area contributed by atoms with Gasteiger partial charge in [0.1, 0.15) is 18.0 Å². The zero-order valence-electron chi connectivity index (χ0n) is 21.6. The summed E-state index contributed by atoms with van der Waals surface area (Å²) in [7, 11) is -2.63. The fourth-order valence-electron chi connectivity index (χ4n) is 3.42. The lowest BCUT2D eigenvalue weighted by atomic mass is 10.2. The van der Waals surface area contributed by atoms with Gasteiger partial charge in [0.05, 0.1) is 25.1 Å². The van der Waals surface area contributed by atoms with Crippen LogP contribution in [0.3, 0.4) is 0 Å². The number of ether oxygens (including phenoxy) is 2. The normalized spacial score (nSPS) is 15.6. The monoisotopic (exact) mass is 552 g/mol. The van der Waals surface area contributed by atoms with Crippen molar-refractivity contribution in [2.45, 2.75) is 58.1 Å². The number of imidazole rings is 1. The van der Waals surface area contributed by atoms with E-state index >= 15 is 0 Å². The number of rotatable bonds is 14. The zero-order chi connectivity index (χ0) is 27.9. The van der Waals surface area contributed by atoms with Gasteiger partial charge >= 0.3 is 13.7 Å². The number of aromatic nitrogens is 4. The first kappa shape index (κ1) is 29.3. The average molecular weight is 553 g/mol. The molecule has 4 atom stereocenters. The van der Waals surface area contributed by atoms with E-state index in [4.69, 9.17) is 24.3 Å². The molecule has 2 heterocycles. The summed E-state index contributed by atoms with van der Waals surface area (Å²) < 4.78 is 36.8. The number of carbonyl (C=O) groups is 1. The maximum Gasteiger partial charge on any atom is 0.459 e. The van der Waals surface area contributed by atoms with E-state index in [0.29, 0.717) is 0 Å². The molecule has 3 aromatic rings. The molecule has 0 fully saturated rings. The summed E-state index contributed by atoms with van der Waals surface area (Å²) >= 11 is 0. The van der Waals surface area contributed by atoms with E-state index in [0.717, 1.165) is 0 Å². The number of nitrogens with one attached hydrogen (secondary N) is 2. The van der Waals surface area contributed by atoms with Crippen LogP contribution in [0.2, 0.25) is 0 Å². The van der Waals surface area contributed by atoms with Crippen molar-refractivity contribution in [3.63, 3.8) is 0 Å². The second-order valence-electron chi connectivity index (χ2n) is 8.72. The van der Waals surface area contributed by atoms with Gasteiger partial charge in [0.2, 0.25) is 5.95 Å². The molecule has 0 saturated carbocycles. The Morgan fingerprint density at radius 2 is 1.95 bits per heavy atom. The Morgan fingerprint density at radius 1 is 1.24 bits per heavy atom. The summed E-state index contributed by atoms with van der Waals surface area (Å²) in [6.45, 7) is 4.70. The summed E-state index contributed by atoms with van der Waals surface area (Å²) in [5.41, 5.74) is 5.27. The highest BCUT2D eigenvalue weighted by atomic mass is 31.2. The Kier molecular flexibility index (Phi) is 10.00. The minimum atomic E-state index is -4.07. The van der Waals surface area contributed by atoms with Crippen LogP contribution in [0.4, 0.5) is 5.95 Å². The van der Waals surface area contributed by atoms with Gasteiger partial charge in [0.25, 0.3) is 5.56 Å². The van der Waals surface area contributed by atoms with E-state index < -0.39 is 37.6 Å². The molecule has 2 aromatic heterocycles. The number of nitrogens with two attached hydrogens (primary N) is 1. The largest absolute Gasteiger partial charge is 0.462 e. The van der Waals surface area contributed by atoms with Gasteiger partial charge in [-0.3, -0.25) is 23.7 Å². The number of aliphatic hydroxyl groups excluding tert-OH is 1. The van der Waals surface area contributed by atoms with Crippen molar-refractivity contribution in [3.8, 4) is 5.75 Å². The van der Waals surface area contributed by atoms with Gasteiger partial charge in [0, 0.05) is 7.11 Å². The highest BCUT2D eigenvalue weighted by molar-refractivity contribution is 7.52. The number of methoxy groups -OCH3 is 1. The second-order valence-corrected chi connectivity index (χ2v) is 10.4. The van der Waals surface area contributed by atoms with E-state index in [1.54, 1.807) is 44.2 Å². The van der Waals surface area contributed by atoms with Gasteiger partial charge in [-0.1, -0.05) is 18.2 Å². The molecule has 15 heteroatoms. The molecule has 38 heavy (non-hydrogen) atoms. The molecule has 4 unspecified atom stereocenters. The lowest BCUT2D eigenvalue weighted by Gasteiger charge is -2.25. The average Bonchev–Trinajstić information content (AvgIpc) is 3.28. The SMILES string of the molecule is COC(CCC(O)n1cnc2c(=O)[nH]c(N)nc21)COP(=O)(NC(C)C(=O)OC(C)C)Oc1ccccc1. The molecule has 0 spiro atoms. The number of carbonyl (C=O) groups excluding carboxylic acids is 1. The first-order chi connectivity index (χ1) is 18.0. The smallest absolute Gasteiger partial charge is 0.459 e. The van der Waals surface area contributed by atoms with Crippen molar-refractivity contribution in [1.82, 2.24) is 24.6 Å². The molecular formula is C23H33N6O8P. The van der Waals surface area contributed by atoms with E-state index in [1.165, 1.54) is 24.9 Å². The Labute approximate surface area is 219 Å². The third-order valence-electron chi connectivity index (χ3n) is 5.31. The van der Waals surface area contributed by atoms with Crippen LogP contribution < -0.4 is 20.9 Å². The molecule has 0 aliphatic rings. The number of hydrogen-bond acceptors (Lipinski definition) is 11. The first-order valence-corrected chi connectivity index (χ1v) is 13.5. The van der Waals surface area contributed by atoms with Crippen LogP contribution in [-0.2, 0) is 23.4 Å². The van der Waals surface area contributed by atoms with Crippen molar-refractivity contribution < 1.29 is 33.0 Å². The molecule has 0 bridgehead atoms. The molecule has 14 nitrogen and oxygen atoms in total. The Morgan fingerprint density at radius 3 is 2.61 bits per heavy atom. The number of aromatic amines is 1. The number of nitrogens with zero attached hydrogens (tertiary/aromatic N) is 3. The molecule has 0 aliphatic carbocycles. The minimum Gasteiger partial charge on any atom is -0.462 e. The van der Waals surface area contributed by atoms with Crippen LogP contribution in [0, 0.1) is 0 Å². The number of nitrogen functional groups attached to an aromatic ring is 1. The minimum absolute atomic E-state index is 0.0417. The van der Waals surface area contributed by atoms with Crippen LogP contribution in [0.1, 0.15) is 39.8 Å². The van der Waals surface area contributed by atoms with Gasteiger partial charge in [0.15, 0.2) is 11.2 Å². The standard InChI is InChI=1S/C23H33N6O8P/c1-14(2)36-22(32)15(3)28-38(33,37-16-8-6-5-7-9-16)35-12-17(34-4)10-11-18(30)29-13-25-19-20(29)26-23(24)27-21(19)31/h5-9,13-15,17-18,30H,10-12H2,1-4H3,(H,28,33)(H3,24,26,27,31). The molecule has 208 valence electrons. The Balaban J connectivity index is 1.67. The van der Waals surface area contributed by atoms with Gasteiger partial charge in [-0.2, -0.15) is 10.1 Å². The lowest BCUT2D eigenvalue weighted by Crippen LogP contribution is -2.36. The van der Waals surface area contributed by atoms with Crippen molar-refractivity contribution in [2.75, 3.05) is 19.5 Å². The van der Waals surface area contributed by atoms with Crippen LogP contribution in [0.25, 0.3) is 11.2 Å². The van der Waals surface area contributed by atoms with Crippen LogP contribution in [0.15, 0.2) is 41.5 Å². The number of aliphatic hydroxyl groups is 1. The highest BCUT2D eigenvalue weighted by Gasteiger charge is 2.33. The van der Waals surface area contributed by atoms with Crippen molar-refractivity contribution in [2.24, 2.45) is 0 Å². The second kappa shape index (κ2) is 13.0. The zero-order valence-corrected chi connectivity index (χ0v) is 22.5. The van der Waals surface area contributed by atoms with Gasteiger partial charge in [-0.15, -0.1) is 0 Å². The number of para-hydroxylation sites is 1. The highest BCUT2D eigenvalue weighted by Crippen LogP contribution is 2.45. The van der Waals surface area contributed by atoms with E-state index in [2.05, 4.69) is 20.0 Å². The van der Waals surface area contributed by atoms with E-state index in [9.17, 15) is 19.3 Å². The van der Waals surface area contributed by atoms with Crippen LogP contribution >= 0.6 is 7.75 Å². The molecule has 1 aromatic carbocycles. The number of benzene rings is 1. The molecule has 0 radical (unpaired) electrons. The number of fused-ring (bicyclic) bond motifs is 1. The quantitative estimate of drug-likeness (QED) is 0.168. The van der Waals surface area contributed by atoms with Crippen molar-refractivity contribution in [3.05, 3.63) is 47.0 Å². The van der Waals surface area contributed by atoms with Gasteiger partial charge < -0.3 is 24.8 Å². The first-order valence-electron chi connectivity index (χ1n) is 11.9. The molecule has 0 amide bonds. The summed E-state index contributed by atoms with van der Waals surface area (Å²) in [6, 6.07) is 7.37. The predicted molar refractivity (Wildman–Crippen MR) is 138 cm³/mol. The Hall–Kier alpha value is -3.29. The van der Waals surface area contributed by atoms with Crippen molar-refractivity contribution >= 4 is 30.8 Å². The predicted octanol–water partition coefficient (Wildman–Crippen LogP) is 2.12. The third kappa shape index (κ3) is 7.85. The van der Waals surface area contributed by atoms with E-state index in [-0.39, 0.29) is 48.4 Å².